The fourth-order valence-corrected chi connectivity index (χ4v) is 3.33. The van der Waals surface area contributed by atoms with E-state index in [1.54, 1.807) is 34.6 Å². The third-order valence-corrected chi connectivity index (χ3v) is 4.54. The van der Waals surface area contributed by atoms with Gasteiger partial charge in [0.15, 0.2) is 5.92 Å². The SMILES string of the molecule is CCOP(=O)(CC[C@H](C(=O)ON)C(=O)OC(C)(C)C)OCC. The summed E-state index contributed by atoms with van der Waals surface area (Å²) in [7, 11) is -3.37. The minimum atomic E-state index is -3.37. The number of carbonyl (C=O) groups is 2. The lowest BCUT2D eigenvalue weighted by Gasteiger charge is -2.23. The molecule has 8 nitrogen and oxygen atoms in total. The molecule has 9 heteroatoms. The van der Waals surface area contributed by atoms with E-state index < -0.39 is 31.1 Å². The van der Waals surface area contributed by atoms with E-state index in [0.717, 1.165) is 0 Å². The zero-order valence-corrected chi connectivity index (χ0v) is 14.7. The van der Waals surface area contributed by atoms with E-state index in [0.29, 0.717) is 0 Å². The van der Waals surface area contributed by atoms with Gasteiger partial charge in [-0.1, -0.05) is 0 Å². The summed E-state index contributed by atoms with van der Waals surface area (Å²) in [4.78, 5) is 27.8. The van der Waals surface area contributed by atoms with Crippen LogP contribution in [0, 0.1) is 5.92 Å². The monoisotopic (exact) mass is 339 g/mol. The second kappa shape index (κ2) is 9.25. The van der Waals surface area contributed by atoms with Crippen LogP contribution in [-0.4, -0.2) is 36.9 Å². The second-order valence-electron chi connectivity index (χ2n) is 5.48. The van der Waals surface area contributed by atoms with Crippen LogP contribution in [0.25, 0.3) is 0 Å². The topological polar surface area (TPSA) is 114 Å². The van der Waals surface area contributed by atoms with Gasteiger partial charge in [0.05, 0.1) is 19.4 Å². The van der Waals surface area contributed by atoms with E-state index in [1.807, 2.05) is 0 Å². The summed E-state index contributed by atoms with van der Waals surface area (Å²) in [5.74, 6) is 1.82. The number of esters is 1. The molecule has 0 unspecified atom stereocenters. The fraction of sp³-hybridized carbons (Fsp3) is 0.846. The average molecular weight is 339 g/mol. The average Bonchev–Trinajstić information content (AvgIpc) is 2.36. The smallest absolute Gasteiger partial charge is 0.338 e. The first-order chi connectivity index (χ1) is 10.1. The minimum absolute atomic E-state index is 0.109. The Morgan fingerprint density at radius 1 is 1.09 bits per heavy atom. The Labute approximate surface area is 131 Å². The van der Waals surface area contributed by atoms with Crippen molar-refractivity contribution >= 4 is 19.5 Å². The van der Waals surface area contributed by atoms with Crippen LogP contribution < -0.4 is 5.90 Å². The van der Waals surface area contributed by atoms with Gasteiger partial charge in [-0.3, -0.25) is 9.36 Å². The van der Waals surface area contributed by atoms with Crippen LogP contribution in [0.5, 0.6) is 0 Å². The van der Waals surface area contributed by atoms with Gasteiger partial charge >= 0.3 is 19.5 Å². The maximum absolute atomic E-state index is 12.4. The molecule has 0 aromatic carbocycles. The third-order valence-electron chi connectivity index (χ3n) is 2.44. The highest BCUT2D eigenvalue weighted by Crippen LogP contribution is 2.49. The largest absolute Gasteiger partial charge is 0.459 e. The highest BCUT2D eigenvalue weighted by Gasteiger charge is 2.35. The number of hydrogen-bond donors (Lipinski definition) is 1. The minimum Gasteiger partial charge on any atom is -0.459 e. The number of ether oxygens (including phenoxy) is 1. The van der Waals surface area contributed by atoms with Crippen LogP contribution in [0.1, 0.15) is 41.0 Å². The zero-order valence-electron chi connectivity index (χ0n) is 13.8. The van der Waals surface area contributed by atoms with E-state index >= 15 is 0 Å². The van der Waals surface area contributed by atoms with Crippen molar-refractivity contribution in [1.29, 1.82) is 0 Å². The Morgan fingerprint density at radius 2 is 1.59 bits per heavy atom. The number of carbonyl (C=O) groups excluding carboxylic acids is 2. The third kappa shape index (κ3) is 7.89. The van der Waals surface area contributed by atoms with Gasteiger partial charge in [-0.05, 0) is 41.0 Å². The van der Waals surface area contributed by atoms with Gasteiger partial charge in [0.2, 0.25) is 0 Å². The molecular formula is C13H26NO7P. The number of hydrogen-bond acceptors (Lipinski definition) is 8. The Morgan fingerprint density at radius 3 is 1.95 bits per heavy atom. The lowest BCUT2D eigenvalue weighted by Crippen LogP contribution is -2.35. The van der Waals surface area contributed by atoms with E-state index in [2.05, 4.69) is 4.84 Å². The van der Waals surface area contributed by atoms with Gasteiger partial charge in [-0.25, -0.2) is 4.79 Å². The molecule has 0 radical (unpaired) electrons. The Bertz CT molecular complexity index is 409. The van der Waals surface area contributed by atoms with E-state index in [9.17, 15) is 14.2 Å². The Hall–Kier alpha value is -0.950. The zero-order chi connectivity index (χ0) is 17.4. The van der Waals surface area contributed by atoms with Crippen LogP contribution in [0.3, 0.4) is 0 Å². The van der Waals surface area contributed by atoms with Crippen molar-refractivity contribution in [2.24, 2.45) is 11.8 Å². The molecule has 0 rings (SSSR count). The second-order valence-corrected chi connectivity index (χ2v) is 7.67. The summed E-state index contributed by atoms with van der Waals surface area (Å²) in [6.45, 7) is 8.73. The lowest BCUT2D eigenvalue weighted by molar-refractivity contribution is -0.169. The van der Waals surface area contributed by atoms with Crippen molar-refractivity contribution in [3.63, 3.8) is 0 Å². The molecule has 0 amide bonds. The molecule has 0 bridgehead atoms. The number of nitrogens with two attached hydrogens (primary N) is 1. The van der Waals surface area contributed by atoms with Crippen LogP contribution >= 0.6 is 7.60 Å². The van der Waals surface area contributed by atoms with Crippen molar-refractivity contribution < 1.29 is 32.8 Å². The molecule has 0 heterocycles. The Kier molecular flexibility index (Phi) is 8.85. The van der Waals surface area contributed by atoms with Crippen molar-refractivity contribution in [3.8, 4) is 0 Å². The normalized spacial score (nSPS) is 13.5. The molecule has 1 atom stereocenters. The first-order valence-electron chi connectivity index (χ1n) is 7.10. The van der Waals surface area contributed by atoms with Gasteiger partial charge in [0, 0.05) is 0 Å². The van der Waals surface area contributed by atoms with Crippen molar-refractivity contribution in [3.05, 3.63) is 0 Å². The molecule has 0 aromatic heterocycles. The molecule has 0 aliphatic carbocycles. The van der Waals surface area contributed by atoms with E-state index in [4.69, 9.17) is 19.7 Å². The van der Waals surface area contributed by atoms with Crippen LogP contribution in [0.2, 0.25) is 0 Å². The van der Waals surface area contributed by atoms with Gasteiger partial charge in [-0.2, -0.15) is 5.90 Å². The molecule has 0 aliphatic rings. The molecule has 0 aromatic rings. The molecule has 0 saturated carbocycles. The molecule has 0 fully saturated rings. The summed E-state index contributed by atoms with van der Waals surface area (Å²) in [5.41, 5.74) is -0.770. The lowest BCUT2D eigenvalue weighted by atomic mass is 10.1. The van der Waals surface area contributed by atoms with Gasteiger partial charge in [0.1, 0.15) is 5.60 Å². The maximum Gasteiger partial charge on any atom is 0.338 e. The molecule has 0 aliphatic heterocycles. The van der Waals surface area contributed by atoms with E-state index in [-0.39, 0.29) is 25.8 Å². The highest BCUT2D eigenvalue weighted by molar-refractivity contribution is 7.53. The molecular weight excluding hydrogens is 313 g/mol. The maximum atomic E-state index is 12.4. The Balaban J connectivity index is 4.96. The van der Waals surface area contributed by atoms with Gasteiger partial charge < -0.3 is 18.6 Å². The molecule has 2 N–H and O–H groups in total. The number of rotatable bonds is 9. The first-order valence-corrected chi connectivity index (χ1v) is 8.83. The fourth-order valence-electron chi connectivity index (χ4n) is 1.63. The standard InChI is InChI=1S/C13H26NO7P/c1-6-18-22(17,19-7-2)9-8-10(12(16)21-14)11(15)20-13(3,4)5/h10H,6-9,14H2,1-5H3/t10-/m0/s1. The summed E-state index contributed by atoms with van der Waals surface area (Å²) >= 11 is 0. The van der Waals surface area contributed by atoms with Crippen LogP contribution in [0.15, 0.2) is 0 Å². The molecule has 22 heavy (non-hydrogen) atoms. The molecule has 0 spiro atoms. The first kappa shape index (κ1) is 21.0. The summed E-state index contributed by atoms with van der Waals surface area (Å²) in [6, 6.07) is 0. The summed E-state index contributed by atoms with van der Waals surface area (Å²) < 4.78 is 27.7. The van der Waals surface area contributed by atoms with Gasteiger partial charge in [0.25, 0.3) is 0 Å². The predicted octanol–water partition coefficient (Wildman–Crippen LogP) is 2.02. The van der Waals surface area contributed by atoms with Crippen molar-refractivity contribution in [1.82, 2.24) is 0 Å². The summed E-state index contributed by atoms with van der Waals surface area (Å²) in [6.07, 6.45) is -0.226. The van der Waals surface area contributed by atoms with Crippen molar-refractivity contribution in [2.45, 2.75) is 46.6 Å². The van der Waals surface area contributed by atoms with Crippen LogP contribution in [-0.2, 0) is 32.8 Å². The van der Waals surface area contributed by atoms with Crippen molar-refractivity contribution in [2.75, 3.05) is 19.4 Å². The highest BCUT2D eigenvalue weighted by atomic mass is 31.2. The quantitative estimate of drug-likeness (QED) is 0.294. The molecule has 0 saturated heterocycles. The summed E-state index contributed by atoms with van der Waals surface area (Å²) in [5, 5.41) is 0. The molecule has 130 valence electrons. The van der Waals surface area contributed by atoms with Crippen LogP contribution in [0.4, 0.5) is 0 Å². The van der Waals surface area contributed by atoms with Gasteiger partial charge in [-0.15, -0.1) is 0 Å². The van der Waals surface area contributed by atoms with E-state index in [1.165, 1.54) is 0 Å². The predicted molar refractivity (Wildman–Crippen MR) is 80.0 cm³/mol.